The van der Waals surface area contributed by atoms with E-state index in [4.69, 9.17) is 19.7 Å². The molecule has 10 rings (SSSR count). The van der Waals surface area contributed by atoms with E-state index < -0.39 is 25.7 Å². The maximum absolute atomic E-state index is 15.9. The Kier molecular flexibility index (Phi) is 12.4. The van der Waals surface area contributed by atoms with Crippen LogP contribution in [-0.4, -0.2) is 85.5 Å². The van der Waals surface area contributed by atoms with Crippen molar-refractivity contribution in [2.75, 3.05) is 35.2 Å². The van der Waals surface area contributed by atoms with Crippen LogP contribution in [0.3, 0.4) is 0 Å². The second-order valence-corrected chi connectivity index (χ2v) is 24.1. The van der Waals surface area contributed by atoms with Crippen LogP contribution in [0.5, 0.6) is 5.75 Å². The molecule has 0 unspecified atom stereocenters. The van der Waals surface area contributed by atoms with Crippen molar-refractivity contribution >= 4 is 65.4 Å². The first kappa shape index (κ1) is 46.0. The maximum atomic E-state index is 15.9. The fraction of sp³-hybridized carbons (Fsp3) is 0.345. The van der Waals surface area contributed by atoms with Crippen molar-refractivity contribution in [2.45, 2.75) is 94.8 Å². The Morgan fingerprint density at radius 2 is 1.38 bits per heavy atom. The molecule has 5 heterocycles. The number of hydrazone groups is 2. The highest BCUT2D eigenvalue weighted by Gasteiger charge is 2.66. The van der Waals surface area contributed by atoms with Gasteiger partial charge in [0.25, 0.3) is 5.91 Å². The number of benzene rings is 5. The molecule has 1 spiro atoms. The fourth-order valence-electron chi connectivity index (χ4n) is 11.5. The van der Waals surface area contributed by atoms with Crippen molar-refractivity contribution in [3.05, 3.63) is 150 Å². The lowest BCUT2D eigenvalue weighted by atomic mass is 9.82. The van der Waals surface area contributed by atoms with E-state index in [0.29, 0.717) is 48.4 Å². The minimum atomic E-state index is -2.64. The van der Waals surface area contributed by atoms with E-state index in [0.717, 1.165) is 51.9 Å². The molecular formula is C55H58N6O7Si. The van der Waals surface area contributed by atoms with Gasteiger partial charge < -0.3 is 24.4 Å². The number of likely N-dealkylation sites (tertiary alicyclic amines) is 1. The first-order valence-electron chi connectivity index (χ1n) is 24.1. The molecule has 2 fully saturated rings. The molecule has 5 aromatic rings. The molecule has 2 saturated heterocycles. The van der Waals surface area contributed by atoms with E-state index in [1.165, 1.54) is 10.0 Å². The Balaban J connectivity index is 1.06. The van der Waals surface area contributed by atoms with Gasteiger partial charge in [0.15, 0.2) is 5.60 Å². The van der Waals surface area contributed by atoms with Gasteiger partial charge >= 0.3 is 0 Å². The number of nitrogens with zero attached hydrogens (tertiary/aromatic N) is 6. The van der Waals surface area contributed by atoms with Gasteiger partial charge in [-0.2, -0.15) is 10.2 Å². The van der Waals surface area contributed by atoms with Crippen LogP contribution in [0.1, 0.15) is 74.1 Å². The Bertz CT molecular complexity index is 2840. The number of ether oxygens (including phenoxy) is 2. The number of hydrogen-bond acceptors (Lipinski definition) is 9. The normalized spacial score (nSPS) is 23.7. The fourth-order valence-corrected chi connectivity index (χ4v) is 15.6. The number of fused-ring (bicyclic) bond motifs is 2. The van der Waals surface area contributed by atoms with Crippen molar-refractivity contribution in [3.8, 4) is 5.75 Å². The van der Waals surface area contributed by atoms with Crippen molar-refractivity contribution in [2.24, 2.45) is 16.1 Å². The summed E-state index contributed by atoms with van der Waals surface area (Å²) in [5, 5.41) is 24.0. The first-order valence-corrected chi connectivity index (χ1v) is 27.2. The van der Waals surface area contributed by atoms with Crippen LogP contribution < -0.4 is 24.8 Å². The van der Waals surface area contributed by atoms with Gasteiger partial charge in [0.05, 0.1) is 75.4 Å². The summed E-state index contributed by atoms with van der Waals surface area (Å²) in [5.41, 5.74) is 5.02. The summed E-state index contributed by atoms with van der Waals surface area (Å²) in [4.78, 5) is 61.0. The van der Waals surface area contributed by atoms with Crippen molar-refractivity contribution in [1.82, 2.24) is 4.90 Å². The summed E-state index contributed by atoms with van der Waals surface area (Å²) < 4.78 is 13.0. The van der Waals surface area contributed by atoms with Crippen LogP contribution in [0.15, 0.2) is 138 Å². The molecule has 69 heavy (non-hydrogen) atoms. The number of carbonyl (C=O) groups is 4. The van der Waals surface area contributed by atoms with E-state index in [-0.39, 0.29) is 61.2 Å². The lowest BCUT2D eigenvalue weighted by molar-refractivity contribution is -0.150. The standard InChI is InChI=1S/C55H58N6O7Si/c1-36-53(69(3,4)44-24-22-43(67-2)23-25-44)49(33-52(65)58-31-11-16-42(58)35-62)68-55(36)45-32-41(61-51(64)30-27-47(57-61)39-14-9-6-10-15-39)21-28-48(45)59(54(55)66)34-37-17-19-40(20-18-37)60-50(63)29-26-46(56-60)38-12-7-5-8-13-38/h5-10,12-15,17-25,28,32,36,42,49,53,62H,11,16,26-27,29-31,33-35H2,1-4H3/t36-,42-,49+,53-,55+/m0/s1. The summed E-state index contributed by atoms with van der Waals surface area (Å²) in [7, 11) is -0.999. The van der Waals surface area contributed by atoms with Crippen molar-refractivity contribution < 1.29 is 33.8 Å². The minimum absolute atomic E-state index is 0.0443. The average Bonchev–Trinajstić information content (AvgIpc) is 4.05. The molecule has 14 heteroatoms. The highest BCUT2D eigenvalue weighted by Crippen LogP contribution is 2.61. The number of amides is 4. The third kappa shape index (κ3) is 8.27. The Hall–Kier alpha value is -6.74. The van der Waals surface area contributed by atoms with Gasteiger partial charge in [0, 0.05) is 43.7 Å². The predicted octanol–water partition coefficient (Wildman–Crippen LogP) is 7.89. The minimum Gasteiger partial charge on any atom is -0.497 e. The van der Waals surface area contributed by atoms with E-state index in [2.05, 4.69) is 32.2 Å². The Morgan fingerprint density at radius 3 is 1.97 bits per heavy atom. The highest BCUT2D eigenvalue weighted by atomic mass is 28.3. The molecule has 4 amide bonds. The molecule has 5 aliphatic heterocycles. The molecule has 13 nitrogen and oxygen atoms in total. The first-order chi connectivity index (χ1) is 33.4. The van der Waals surface area contributed by atoms with Crippen LogP contribution >= 0.6 is 0 Å². The zero-order chi connectivity index (χ0) is 48.0. The van der Waals surface area contributed by atoms with E-state index in [9.17, 15) is 19.5 Å². The lowest BCUT2D eigenvalue weighted by Crippen LogP contribution is -2.52. The molecule has 5 aliphatic rings. The highest BCUT2D eigenvalue weighted by molar-refractivity contribution is 6.91. The van der Waals surface area contributed by atoms with Crippen LogP contribution in [0, 0.1) is 5.92 Å². The van der Waals surface area contributed by atoms with Crippen LogP contribution in [0.4, 0.5) is 17.1 Å². The molecule has 0 bridgehead atoms. The van der Waals surface area contributed by atoms with Gasteiger partial charge in [-0.25, -0.2) is 10.0 Å². The topological polar surface area (TPSA) is 145 Å². The predicted molar refractivity (Wildman–Crippen MR) is 269 cm³/mol. The van der Waals surface area contributed by atoms with E-state index in [1.807, 2.05) is 115 Å². The molecule has 1 N–H and O–H groups in total. The number of methoxy groups -OCH3 is 1. The lowest BCUT2D eigenvalue weighted by Gasteiger charge is -2.37. The van der Waals surface area contributed by atoms with Gasteiger partial charge in [0.2, 0.25) is 17.7 Å². The van der Waals surface area contributed by atoms with Gasteiger partial charge in [-0.1, -0.05) is 110 Å². The van der Waals surface area contributed by atoms with E-state index >= 15 is 4.79 Å². The molecule has 354 valence electrons. The smallest absolute Gasteiger partial charge is 0.264 e. The van der Waals surface area contributed by atoms with Gasteiger partial charge in [0.1, 0.15) is 5.75 Å². The number of rotatable bonds is 12. The second kappa shape index (κ2) is 18.6. The monoisotopic (exact) mass is 942 g/mol. The summed E-state index contributed by atoms with van der Waals surface area (Å²) in [6.45, 7) is 7.28. The molecule has 5 atom stereocenters. The number of carbonyl (C=O) groups excluding carboxylic acids is 4. The Morgan fingerprint density at radius 1 is 0.783 bits per heavy atom. The van der Waals surface area contributed by atoms with Crippen LogP contribution in [0.25, 0.3) is 0 Å². The summed E-state index contributed by atoms with van der Waals surface area (Å²) >= 11 is 0. The molecule has 0 radical (unpaired) electrons. The van der Waals surface area contributed by atoms with Gasteiger partial charge in [-0.15, -0.1) is 0 Å². The van der Waals surface area contributed by atoms with Crippen molar-refractivity contribution in [3.63, 3.8) is 0 Å². The largest absolute Gasteiger partial charge is 0.497 e. The summed E-state index contributed by atoms with van der Waals surface area (Å²) in [5.74, 6) is -0.291. The number of hydrogen-bond donors (Lipinski definition) is 1. The van der Waals surface area contributed by atoms with E-state index in [1.54, 1.807) is 16.9 Å². The number of anilines is 3. The quantitative estimate of drug-likeness (QED) is 0.125. The zero-order valence-corrected chi connectivity index (χ0v) is 40.6. The van der Waals surface area contributed by atoms with Crippen LogP contribution in [0.2, 0.25) is 18.6 Å². The third-order valence-corrected chi connectivity index (χ3v) is 19.5. The molecular weight excluding hydrogens is 885 g/mol. The molecule has 0 aromatic heterocycles. The molecule has 0 saturated carbocycles. The average molecular weight is 943 g/mol. The zero-order valence-electron chi connectivity index (χ0n) is 39.6. The van der Waals surface area contributed by atoms with Gasteiger partial charge in [-0.05, 0) is 77.5 Å². The number of aliphatic hydroxyl groups is 1. The van der Waals surface area contributed by atoms with Crippen molar-refractivity contribution in [1.29, 1.82) is 0 Å². The number of aliphatic hydroxyl groups excluding tert-OH is 1. The van der Waals surface area contributed by atoms with Crippen LogP contribution in [-0.2, 0) is 36.1 Å². The summed E-state index contributed by atoms with van der Waals surface area (Å²) in [6, 6.07) is 40.8. The maximum Gasteiger partial charge on any atom is 0.264 e. The summed E-state index contributed by atoms with van der Waals surface area (Å²) in [6.07, 6.45) is 2.60. The molecule has 5 aromatic carbocycles. The molecule has 0 aliphatic carbocycles. The SMILES string of the molecule is COc1ccc([Si](C)(C)[C@@H]2[C@@H](CC(=O)N3CCC[C@H]3CO)O[C@]3(C(=O)N(Cc4ccc(N5N=C(c6ccccc6)CCC5=O)cc4)c4ccc(N5N=C(c6ccccc6)CCC5=O)cc43)[C@H]2C)cc1. The van der Waals surface area contributed by atoms with Gasteiger partial charge in [-0.3, -0.25) is 19.2 Å². The third-order valence-electron chi connectivity index (χ3n) is 15.1. The Labute approximate surface area is 404 Å². The second-order valence-electron chi connectivity index (χ2n) is 19.4.